The molecule has 2 rings (SSSR count). The molecule has 0 aliphatic carbocycles. The number of carbonyl (C=O) groups excluding carboxylic acids is 2. The molecule has 0 unspecified atom stereocenters. The van der Waals surface area contributed by atoms with Crippen molar-refractivity contribution in [3.05, 3.63) is 59.9 Å². The molecular formula is C19H23N3O3. The third-order valence-electron chi connectivity index (χ3n) is 3.54. The van der Waals surface area contributed by atoms with Crippen molar-refractivity contribution in [2.24, 2.45) is 0 Å². The van der Waals surface area contributed by atoms with Crippen LogP contribution in [0.1, 0.15) is 30.9 Å². The van der Waals surface area contributed by atoms with Crippen LogP contribution >= 0.6 is 0 Å². The second kappa shape index (κ2) is 9.54. The number of amides is 2. The van der Waals surface area contributed by atoms with E-state index < -0.39 is 0 Å². The molecule has 1 aromatic carbocycles. The highest BCUT2D eigenvalue weighted by molar-refractivity contribution is 5.91. The Morgan fingerprint density at radius 1 is 1.08 bits per heavy atom. The van der Waals surface area contributed by atoms with Crippen molar-refractivity contribution < 1.29 is 14.3 Å². The van der Waals surface area contributed by atoms with Crippen molar-refractivity contribution in [2.75, 3.05) is 18.5 Å². The molecule has 0 spiro atoms. The number of carbonyl (C=O) groups is 2. The summed E-state index contributed by atoms with van der Waals surface area (Å²) >= 11 is 0. The summed E-state index contributed by atoms with van der Waals surface area (Å²) in [6, 6.07) is 11.3. The van der Waals surface area contributed by atoms with Gasteiger partial charge in [-0.05, 0) is 35.2 Å². The summed E-state index contributed by atoms with van der Waals surface area (Å²) in [6.45, 7) is 4.26. The summed E-state index contributed by atoms with van der Waals surface area (Å²) in [5.41, 5.74) is 2.82. The quantitative estimate of drug-likeness (QED) is 0.773. The Bertz CT molecular complexity index is 685. The lowest BCUT2D eigenvalue weighted by Gasteiger charge is -2.09. The number of nitrogens with one attached hydrogen (secondary N) is 2. The van der Waals surface area contributed by atoms with Gasteiger partial charge in [0.1, 0.15) is 13.2 Å². The van der Waals surface area contributed by atoms with E-state index in [1.807, 2.05) is 30.3 Å². The molecule has 0 bridgehead atoms. The average molecular weight is 341 g/mol. The molecule has 2 amide bonds. The van der Waals surface area contributed by atoms with Gasteiger partial charge in [-0.1, -0.05) is 32.0 Å². The minimum atomic E-state index is -0.294. The van der Waals surface area contributed by atoms with Crippen molar-refractivity contribution >= 4 is 17.5 Å². The van der Waals surface area contributed by atoms with Gasteiger partial charge in [0, 0.05) is 24.6 Å². The molecule has 0 fully saturated rings. The summed E-state index contributed by atoms with van der Waals surface area (Å²) < 4.78 is 5.14. The Balaban J connectivity index is 1.65. The van der Waals surface area contributed by atoms with E-state index >= 15 is 0 Å². The number of benzene rings is 1. The van der Waals surface area contributed by atoms with Crippen molar-refractivity contribution in [1.29, 1.82) is 0 Å². The topological polar surface area (TPSA) is 80.3 Å². The van der Waals surface area contributed by atoms with E-state index in [4.69, 9.17) is 4.74 Å². The number of ether oxygens (including phenoxy) is 1. The number of nitrogens with zero attached hydrogens (tertiary/aromatic N) is 1. The first kappa shape index (κ1) is 18.6. The highest BCUT2D eigenvalue weighted by atomic mass is 16.5. The minimum absolute atomic E-state index is 0.167. The first-order valence-electron chi connectivity index (χ1n) is 8.17. The van der Waals surface area contributed by atoms with Gasteiger partial charge in [0.25, 0.3) is 0 Å². The van der Waals surface area contributed by atoms with Crippen LogP contribution in [0.2, 0.25) is 0 Å². The molecule has 2 N–H and O–H groups in total. The van der Waals surface area contributed by atoms with Crippen LogP contribution < -0.4 is 10.6 Å². The van der Waals surface area contributed by atoms with Gasteiger partial charge < -0.3 is 15.4 Å². The van der Waals surface area contributed by atoms with Crippen molar-refractivity contribution in [3.63, 3.8) is 0 Å². The number of pyridine rings is 1. The van der Waals surface area contributed by atoms with Crippen LogP contribution in [0.5, 0.6) is 0 Å². The highest BCUT2D eigenvalue weighted by Gasteiger charge is 2.06. The zero-order valence-corrected chi connectivity index (χ0v) is 14.5. The van der Waals surface area contributed by atoms with E-state index in [0.717, 1.165) is 5.56 Å². The van der Waals surface area contributed by atoms with Crippen molar-refractivity contribution in [2.45, 2.75) is 26.3 Å². The zero-order valence-electron chi connectivity index (χ0n) is 14.5. The van der Waals surface area contributed by atoms with Gasteiger partial charge in [-0.15, -0.1) is 0 Å². The van der Waals surface area contributed by atoms with Crippen molar-refractivity contribution in [1.82, 2.24) is 10.3 Å². The van der Waals surface area contributed by atoms with Gasteiger partial charge in [-0.3, -0.25) is 14.6 Å². The molecule has 0 aliphatic heterocycles. The normalized spacial score (nSPS) is 10.5. The Kier molecular flexibility index (Phi) is 7.10. The van der Waals surface area contributed by atoms with Gasteiger partial charge in [0.2, 0.25) is 11.8 Å². The van der Waals surface area contributed by atoms with E-state index in [2.05, 4.69) is 29.5 Å². The molecule has 132 valence electrons. The average Bonchev–Trinajstić information content (AvgIpc) is 2.61. The molecule has 1 aromatic heterocycles. The Labute approximate surface area is 147 Å². The third-order valence-corrected chi connectivity index (χ3v) is 3.54. The van der Waals surface area contributed by atoms with Gasteiger partial charge in [-0.25, -0.2) is 0 Å². The van der Waals surface area contributed by atoms with E-state index in [-0.39, 0.29) is 25.0 Å². The number of aromatic nitrogens is 1. The van der Waals surface area contributed by atoms with Gasteiger partial charge in [0.15, 0.2) is 0 Å². The molecule has 0 saturated heterocycles. The molecule has 25 heavy (non-hydrogen) atoms. The maximum Gasteiger partial charge on any atom is 0.250 e. The lowest BCUT2D eigenvalue weighted by atomic mass is 10.0. The van der Waals surface area contributed by atoms with Crippen LogP contribution in [0, 0.1) is 0 Å². The fourth-order valence-corrected chi connectivity index (χ4v) is 2.14. The Morgan fingerprint density at radius 3 is 2.44 bits per heavy atom. The molecule has 0 saturated carbocycles. The highest BCUT2D eigenvalue weighted by Crippen LogP contribution is 2.16. The van der Waals surface area contributed by atoms with Crippen LogP contribution in [-0.2, 0) is 20.9 Å². The maximum atomic E-state index is 11.8. The minimum Gasteiger partial charge on any atom is -0.362 e. The first-order valence-corrected chi connectivity index (χ1v) is 8.17. The largest absolute Gasteiger partial charge is 0.362 e. The fourth-order valence-electron chi connectivity index (χ4n) is 2.14. The Hall–Kier alpha value is -2.73. The van der Waals surface area contributed by atoms with E-state index in [0.29, 0.717) is 18.2 Å². The van der Waals surface area contributed by atoms with Crippen LogP contribution in [0.15, 0.2) is 48.8 Å². The van der Waals surface area contributed by atoms with Gasteiger partial charge >= 0.3 is 0 Å². The monoisotopic (exact) mass is 341 g/mol. The fraction of sp³-hybridized carbons (Fsp3) is 0.316. The number of hydrogen-bond acceptors (Lipinski definition) is 4. The molecule has 6 nitrogen and oxygen atoms in total. The van der Waals surface area contributed by atoms with Crippen LogP contribution in [-0.4, -0.2) is 30.0 Å². The number of rotatable bonds is 8. The van der Waals surface area contributed by atoms with Crippen LogP contribution in [0.4, 0.5) is 5.69 Å². The summed E-state index contributed by atoms with van der Waals surface area (Å²) in [6.07, 6.45) is 3.35. The van der Waals surface area contributed by atoms with Crippen molar-refractivity contribution in [3.8, 4) is 0 Å². The summed E-state index contributed by atoms with van der Waals surface area (Å²) in [4.78, 5) is 27.5. The molecular weight excluding hydrogens is 318 g/mol. The summed E-state index contributed by atoms with van der Waals surface area (Å²) in [5, 5.41) is 5.44. The second-order valence-electron chi connectivity index (χ2n) is 5.96. The first-order chi connectivity index (χ1) is 12.0. The molecule has 2 aromatic rings. The maximum absolute atomic E-state index is 11.8. The summed E-state index contributed by atoms with van der Waals surface area (Å²) in [7, 11) is 0. The second-order valence-corrected chi connectivity index (χ2v) is 5.96. The predicted octanol–water partition coefficient (Wildman–Crippen LogP) is 2.48. The standard InChI is InChI=1S/C19H23N3O3/c1-14(2)16-5-7-17(8-6-16)22-19(24)13-25-12-18(23)21-11-15-4-3-9-20-10-15/h3-10,14H,11-13H2,1-2H3,(H,21,23)(H,22,24). The molecule has 0 radical (unpaired) electrons. The van der Waals surface area contributed by atoms with Crippen LogP contribution in [0.25, 0.3) is 0 Å². The van der Waals surface area contributed by atoms with E-state index in [1.54, 1.807) is 18.5 Å². The third kappa shape index (κ3) is 6.73. The van der Waals surface area contributed by atoms with Crippen LogP contribution in [0.3, 0.4) is 0 Å². The zero-order chi connectivity index (χ0) is 18.1. The molecule has 0 atom stereocenters. The molecule has 6 heteroatoms. The molecule has 0 aliphatic rings. The van der Waals surface area contributed by atoms with E-state index in [9.17, 15) is 9.59 Å². The summed E-state index contributed by atoms with van der Waals surface area (Å²) in [5.74, 6) is -0.131. The Morgan fingerprint density at radius 2 is 1.80 bits per heavy atom. The predicted molar refractivity (Wildman–Crippen MR) is 96.1 cm³/mol. The lowest BCUT2D eigenvalue weighted by molar-refractivity contribution is -0.128. The molecule has 1 heterocycles. The van der Waals surface area contributed by atoms with Gasteiger partial charge in [-0.2, -0.15) is 0 Å². The van der Waals surface area contributed by atoms with E-state index in [1.165, 1.54) is 5.56 Å². The number of anilines is 1. The lowest BCUT2D eigenvalue weighted by Crippen LogP contribution is -2.29. The SMILES string of the molecule is CC(C)c1ccc(NC(=O)COCC(=O)NCc2cccnc2)cc1. The number of hydrogen-bond donors (Lipinski definition) is 2. The smallest absolute Gasteiger partial charge is 0.250 e. The van der Waals surface area contributed by atoms with Gasteiger partial charge in [0.05, 0.1) is 0 Å².